The number of carbonyl (C=O) groups excluding carboxylic acids is 1. The second-order valence-corrected chi connectivity index (χ2v) is 6.96. The van der Waals surface area contributed by atoms with Crippen molar-refractivity contribution in [3.05, 3.63) is 87.1 Å². The number of halogens is 1. The van der Waals surface area contributed by atoms with Crippen LogP contribution in [-0.2, 0) is 4.79 Å². The Morgan fingerprint density at radius 3 is 2.21 bits per heavy atom. The molecule has 146 valence electrons. The summed E-state index contributed by atoms with van der Waals surface area (Å²) in [6.07, 6.45) is 1.56. The fourth-order valence-corrected chi connectivity index (χ4v) is 3.19. The van der Waals surface area contributed by atoms with Gasteiger partial charge in [0, 0.05) is 5.69 Å². The number of nitrogens with zero attached hydrogens (tertiary/aromatic N) is 3. The number of hydrogen-bond acceptors (Lipinski definition) is 3. The minimum absolute atomic E-state index is 0.250. The summed E-state index contributed by atoms with van der Waals surface area (Å²) >= 11 is 0. The van der Waals surface area contributed by atoms with Crippen molar-refractivity contribution in [2.75, 3.05) is 5.01 Å². The molecular formula is C22H19FN4O2. The lowest BCUT2D eigenvalue weighted by Gasteiger charge is -2.11. The van der Waals surface area contributed by atoms with Crippen LogP contribution < -0.4 is 10.6 Å². The maximum atomic E-state index is 13.2. The molecule has 2 heterocycles. The van der Waals surface area contributed by atoms with Gasteiger partial charge in [-0.3, -0.25) is 14.7 Å². The van der Waals surface area contributed by atoms with Crippen LogP contribution in [0.25, 0.3) is 11.8 Å². The van der Waals surface area contributed by atoms with E-state index in [0.29, 0.717) is 33.9 Å². The van der Waals surface area contributed by atoms with Crippen molar-refractivity contribution < 1.29 is 9.18 Å². The summed E-state index contributed by atoms with van der Waals surface area (Å²) in [4.78, 5) is 25.8. The predicted octanol–water partition coefficient (Wildman–Crippen LogP) is 3.73. The minimum atomic E-state index is -0.392. The van der Waals surface area contributed by atoms with Crippen molar-refractivity contribution in [1.82, 2.24) is 9.78 Å². The van der Waals surface area contributed by atoms with Gasteiger partial charge in [0.25, 0.3) is 11.5 Å². The average molecular weight is 390 g/mol. The molecule has 1 aliphatic rings. The lowest BCUT2D eigenvalue weighted by atomic mass is 10.1. The first-order valence-electron chi connectivity index (χ1n) is 9.11. The molecule has 0 fully saturated rings. The number of anilines is 1. The molecule has 0 bridgehead atoms. The van der Waals surface area contributed by atoms with Gasteiger partial charge in [-0.05, 0) is 63.2 Å². The number of rotatable bonds is 3. The first-order valence-corrected chi connectivity index (χ1v) is 9.11. The van der Waals surface area contributed by atoms with E-state index in [-0.39, 0.29) is 11.5 Å². The number of benzene rings is 2. The highest BCUT2D eigenvalue weighted by Crippen LogP contribution is 2.25. The molecule has 0 unspecified atom stereocenters. The third-order valence-electron chi connectivity index (χ3n) is 4.83. The molecule has 1 amide bonds. The van der Waals surface area contributed by atoms with E-state index in [1.165, 1.54) is 34.0 Å². The number of aromatic amines is 1. The lowest BCUT2D eigenvalue weighted by molar-refractivity contribution is -0.114. The number of hydrazone groups is 1. The molecule has 4 rings (SSSR count). The van der Waals surface area contributed by atoms with Crippen LogP contribution in [0, 0.1) is 19.7 Å². The second kappa shape index (κ2) is 7.01. The Bertz CT molecular complexity index is 1220. The maximum Gasteiger partial charge on any atom is 0.280 e. The van der Waals surface area contributed by atoms with Crippen LogP contribution in [0.3, 0.4) is 0 Å². The van der Waals surface area contributed by atoms with E-state index in [9.17, 15) is 14.0 Å². The number of amides is 1. The molecule has 0 aliphatic carbocycles. The number of aryl methyl sites for hydroxylation is 2. The molecule has 0 saturated carbocycles. The molecular weight excluding hydrogens is 371 g/mol. The van der Waals surface area contributed by atoms with Crippen molar-refractivity contribution in [3.8, 4) is 5.69 Å². The summed E-state index contributed by atoms with van der Waals surface area (Å²) < 4.78 is 14.6. The van der Waals surface area contributed by atoms with Crippen LogP contribution in [0.5, 0.6) is 0 Å². The largest absolute Gasteiger partial charge is 0.295 e. The molecule has 2 aromatic carbocycles. The molecule has 0 spiro atoms. The predicted molar refractivity (Wildman–Crippen MR) is 111 cm³/mol. The average Bonchev–Trinajstić information content (AvgIpc) is 3.14. The Kier molecular flexibility index (Phi) is 4.50. The van der Waals surface area contributed by atoms with Gasteiger partial charge in [-0.2, -0.15) is 10.1 Å². The van der Waals surface area contributed by atoms with Crippen LogP contribution in [-0.4, -0.2) is 21.4 Å². The Hall–Kier alpha value is -3.74. The quantitative estimate of drug-likeness (QED) is 0.693. The number of carbonyl (C=O) groups is 1. The number of nitrogens with one attached hydrogen (secondary N) is 1. The maximum absolute atomic E-state index is 13.2. The Morgan fingerprint density at radius 2 is 1.55 bits per heavy atom. The van der Waals surface area contributed by atoms with E-state index in [2.05, 4.69) is 10.2 Å². The van der Waals surface area contributed by atoms with Gasteiger partial charge >= 0.3 is 0 Å². The second-order valence-electron chi connectivity index (χ2n) is 6.96. The van der Waals surface area contributed by atoms with Gasteiger partial charge in [0.05, 0.1) is 28.2 Å². The molecule has 1 aliphatic heterocycles. The van der Waals surface area contributed by atoms with Gasteiger partial charge in [-0.15, -0.1) is 0 Å². The zero-order valence-corrected chi connectivity index (χ0v) is 16.2. The van der Waals surface area contributed by atoms with Crippen molar-refractivity contribution in [3.63, 3.8) is 0 Å². The monoisotopic (exact) mass is 390 g/mol. The van der Waals surface area contributed by atoms with Gasteiger partial charge in [0.15, 0.2) is 0 Å². The van der Waals surface area contributed by atoms with Crippen molar-refractivity contribution in [2.24, 2.45) is 5.10 Å². The standard InChI is InChI=1S/C22H19FN4O2/c1-13-4-8-17(9-5-13)26-21(28)19(14(2)24-26)12-20-15(3)25-27(22(20)29)18-10-6-16(23)7-11-18/h4-12,24H,1-3H3/b20-12+. The highest BCUT2D eigenvalue weighted by molar-refractivity contribution is 6.32. The number of hydrogen-bond donors (Lipinski definition) is 1. The van der Waals surface area contributed by atoms with E-state index in [1.807, 2.05) is 31.2 Å². The topological polar surface area (TPSA) is 70.5 Å². The smallest absolute Gasteiger partial charge is 0.280 e. The Morgan fingerprint density at radius 1 is 0.931 bits per heavy atom. The Labute approximate surface area is 166 Å². The fourth-order valence-electron chi connectivity index (χ4n) is 3.19. The van der Waals surface area contributed by atoms with Gasteiger partial charge in [0.1, 0.15) is 5.82 Å². The zero-order chi connectivity index (χ0) is 20.7. The van der Waals surface area contributed by atoms with Crippen LogP contribution in [0.1, 0.15) is 23.7 Å². The Balaban J connectivity index is 1.72. The first kappa shape index (κ1) is 18.6. The first-order chi connectivity index (χ1) is 13.8. The highest BCUT2D eigenvalue weighted by atomic mass is 19.1. The zero-order valence-electron chi connectivity index (χ0n) is 16.2. The van der Waals surface area contributed by atoms with Crippen LogP contribution in [0.15, 0.2) is 64.0 Å². The van der Waals surface area contributed by atoms with E-state index in [1.54, 1.807) is 19.9 Å². The van der Waals surface area contributed by atoms with Crippen LogP contribution >= 0.6 is 0 Å². The lowest BCUT2D eigenvalue weighted by Crippen LogP contribution is -2.22. The van der Waals surface area contributed by atoms with E-state index >= 15 is 0 Å². The van der Waals surface area contributed by atoms with Crippen LogP contribution in [0.4, 0.5) is 10.1 Å². The molecule has 1 N–H and O–H groups in total. The highest BCUT2D eigenvalue weighted by Gasteiger charge is 2.29. The number of aromatic nitrogens is 2. The summed E-state index contributed by atoms with van der Waals surface area (Å²) in [6, 6.07) is 13.1. The summed E-state index contributed by atoms with van der Waals surface area (Å²) in [5.41, 5.74) is 3.86. The minimum Gasteiger partial charge on any atom is -0.295 e. The van der Waals surface area contributed by atoms with Gasteiger partial charge in [-0.1, -0.05) is 17.7 Å². The van der Waals surface area contributed by atoms with Crippen molar-refractivity contribution in [1.29, 1.82) is 0 Å². The number of H-pyrrole nitrogens is 1. The summed E-state index contributed by atoms with van der Waals surface area (Å²) in [6.45, 7) is 5.46. The van der Waals surface area contributed by atoms with E-state index in [4.69, 9.17) is 0 Å². The van der Waals surface area contributed by atoms with Crippen molar-refractivity contribution >= 4 is 23.4 Å². The van der Waals surface area contributed by atoms with Gasteiger partial charge in [-0.25, -0.2) is 9.07 Å². The molecule has 7 heteroatoms. The SMILES string of the molecule is CC1=NN(c2ccc(F)cc2)C(=O)/C1=C/c1c(C)[nH]n(-c2ccc(C)cc2)c1=O. The summed E-state index contributed by atoms with van der Waals surface area (Å²) in [5, 5.41) is 8.54. The third-order valence-corrected chi connectivity index (χ3v) is 4.83. The molecule has 0 radical (unpaired) electrons. The molecule has 0 atom stereocenters. The summed E-state index contributed by atoms with van der Waals surface area (Å²) in [7, 11) is 0. The molecule has 0 saturated heterocycles. The fraction of sp³-hybridized carbons (Fsp3) is 0.136. The molecule has 6 nitrogen and oxygen atoms in total. The van der Waals surface area contributed by atoms with E-state index < -0.39 is 5.82 Å². The van der Waals surface area contributed by atoms with Gasteiger partial charge in [0.2, 0.25) is 0 Å². The van der Waals surface area contributed by atoms with Crippen LogP contribution in [0.2, 0.25) is 0 Å². The summed E-state index contributed by atoms with van der Waals surface area (Å²) in [5.74, 6) is -0.757. The normalized spacial score (nSPS) is 15.3. The molecule has 29 heavy (non-hydrogen) atoms. The van der Waals surface area contributed by atoms with Gasteiger partial charge < -0.3 is 0 Å². The van der Waals surface area contributed by atoms with Crippen molar-refractivity contribution in [2.45, 2.75) is 20.8 Å². The van der Waals surface area contributed by atoms with E-state index in [0.717, 1.165) is 5.56 Å². The third kappa shape index (κ3) is 3.31. The molecule has 1 aromatic heterocycles. The molecule has 3 aromatic rings.